The summed E-state index contributed by atoms with van der Waals surface area (Å²) in [6.45, 7) is 5.95. The maximum atomic E-state index is 11.2. The highest BCUT2D eigenvalue weighted by atomic mass is 16.5. The summed E-state index contributed by atoms with van der Waals surface area (Å²) in [6.07, 6.45) is 30.1. The van der Waals surface area contributed by atoms with Crippen molar-refractivity contribution in [3.05, 3.63) is 23.8 Å². The van der Waals surface area contributed by atoms with Crippen LogP contribution in [-0.4, -0.2) is 19.5 Å². The number of hydrogen-bond donors (Lipinski definition) is 0. The molecule has 0 aliphatic heterocycles. The molecule has 0 aromatic heterocycles. The Balaban J connectivity index is 2.11. The fourth-order valence-electron chi connectivity index (χ4n) is 4.73. The molecule has 0 fully saturated rings. The monoisotopic (exact) mass is 502 g/mol. The first-order chi connectivity index (χ1) is 17.8. The molecule has 0 aliphatic rings. The second-order valence-corrected chi connectivity index (χ2v) is 10.6. The zero-order chi connectivity index (χ0) is 25.9. The molecule has 0 bridgehead atoms. The first kappa shape index (κ1) is 32.5. The minimum absolute atomic E-state index is 0.644. The Bertz CT molecular complexity index is 613. The van der Waals surface area contributed by atoms with Crippen molar-refractivity contribution >= 4 is 6.29 Å². The van der Waals surface area contributed by atoms with Crippen LogP contribution >= 0.6 is 0 Å². The third kappa shape index (κ3) is 18.7. The Hall–Kier alpha value is -1.51. The van der Waals surface area contributed by atoms with E-state index < -0.39 is 0 Å². The van der Waals surface area contributed by atoms with Crippen molar-refractivity contribution in [1.82, 2.24) is 0 Å². The van der Waals surface area contributed by atoms with Crippen LogP contribution in [0.25, 0.3) is 0 Å². The van der Waals surface area contributed by atoms with E-state index in [1.807, 2.05) is 18.2 Å². The van der Waals surface area contributed by atoms with Crippen molar-refractivity contribution in [3.8, 4) is 11.5 Å². The van der Waals surface area contributed by atoms with Gasteiger partial charge in [0.15, 0.2) is 11.5 Å². The molecule has 3 heteroatoms. The smallest absolute Gasteiger partial charge is 0.161 e. The standard InChI is InChI=1S/C33H58O3/c1-3-5-7-9-11-13-15-17-19-21-23-27-35-32-26-25-31(30-34)29-33(32)36-28-24-22-20-18-16-14-12-10-8-6-4-2/h25-26,29-30H,3-24,27-28H2,1-2H3. The van der Waals surface area contributed by atoms with E-state index in [4.69, 9.17) is 9.47 Å². The highest BCUT2D eigenvalue weighted by Crippen LogP contribution is 2.29. The molecule has 0 saturated carbocycles. The normalized spacial score (nSPS) is 11.1. The molecular formula is C33H58O3. The van der Waals surface area contributed by atoms with Gasteiger partial charge in [-0.25, -0.2) is 0 Å². The van der Waals surface area contributed by atoms with E-state index >= 15 is 0 Å². The third-order valence-electron chi connectivity index (χ3n) is 7.11. The van der Waals surface area contributed by atoms with Crippen molar-refractivity contribution in [2.75, 3.05) is 13.2 Å². The predicted octanol–water partition coefficient (Wildman–Crippen LogP) is 10.9. The molecule has 0 aliphatic carbocycles. The number of carbonyl (C=O) groups is 1. The van der Waals surface area contributed by atoms with Gasteiger partial charge in [0, 0.05) is 5.56 Å². The first-order valence-corrected chi connectivity index (χ1v) is 15.7. The van der Waals surface area contributed by atoms with Gasteiger partial charge in [0.2, 0.25) is 0 Å². The molecule has 0 N–H and O–H groups in total. The van der Waals surface area contributed by atoms with Gasteiger partial charge in [-0.2, -0.15) is 0 Å². The summed E-state index contributed by atoms with van der Waals surface area (Å²) in [5.41, 5.74) is 0.644. The Kier molecular flexibility index (Phi) is 22.7. The van der Waals surface area contributed by atoms with Crippen LogP contribution in [0.2, 0.25) is 0 Å². The second-order valence-electron chi connectivity index (χ2n) is 10.6. The highest BCUT2D eigenvalue weighted by molar-refractivity contribution is 5.76. The lowest BCUT2D eigenvalue weighted by Gasteiger charge is -2.13. The molecule has 1 aromatic rings. The maximum absolute atomic E-state index is 11.2. The van der Waals surface area contributed by atoms with Crippen LogP contribution in [0.1, 0.15) is 165 Å². The quantitative estimate of drug-likeness (QED) is 0.0886. The first-order valence-electron chi connectivity index (χ1n) is 15.7. The molecule has 208 valence electrons. The molecule has 0 atom stereocenters. The molecule has 0 amide bonds. The van der Waals surface area contributed by atoms with E-state index in [-0.39, 0.29) is 0 Å². The molecule has 0 spiro atoms. The summed E-state index contributed by atoms with van der Waals surface area (Å²) in [7, 11) is 0. The molecular weight excluding hydrogens is 444 g/mol. The summed E-state index contributed by atoms with van der Waals surface area (Å²) in [5.74, 6) is 1.49. The van der Waals surface area contributed by atoms with Crippen molar-refractivity contribution in [2.45, 2.75) is 155 Å². The molecule has 0 radical (unpaired) electrons. The average molecular weight is 503 g/mol. The molecule has 0 heterocycles. The lowest BCUT2D eigenvalue weighted by atomic mass is 10.1. The molecule has 3 nitrogen and oxygen atoms in total. The molecule has 1 rings (SSSR count). The predicted molar refractivity (Wildman–Crippen MR) is 156 cm³/mol. The van der Waals surface area contributed by atoms with Gasteiger partial charge in [0.05, 0.1) is 13.2 Å². The van der Waals surface area contributed by atoms with Gasteiger partial charge in [-0.15, -0.1) is 0 Å². The van der Waals surface area contributed by atoms with Crippen molar-refractivity contribution in [3.63, 3.8) is 0 Å². The zero-order valence-electron chi connectivity index (χ0n) is 24.0. The topological polar surface area (TPSA) is 35.5 Å². The summed E-state index contributed by atoms with van der Waals surface area (Å²) >= 11 is 0. The summed E-state index contributed by atoms with van der Waals surface area (Å²) in [6, 6.07) is 5.53. The van der Waals surface area contributed by atoms with E-state index in [1.54, 1.807) is 0 Å². The number of unbranched alkanes of at least 4 members (excludes halogenated alkanes) is 20. The second kappa shape index (κ2) is 25.2. The largest absolute Gasteiger partial charge is 0.490 e. The number of benzene rings is 1. The van der Waals surface area contributed by atoms with Crippen LogP contribution in [-0.2, 0) is 0 Å². The number of ether oxygens (including phenoxy) is 2. The number of rotatable bonds is 27. The van der Waals surface area contributed by atoms with Crippen molar-refractivity contribution < 1.29 is 14.3 Å². The van der Waals surface area contributed by atoms with Crippen LogP contribution < -0.4 is 9.47 Å². The molecule has 0 saturated heterocycles. The maximum Gasteiger partial charge on any atom is 0.161 e. The lowest BCUT2D eigenvalue weighted by molar-refractivity contribution is 0.112. The fraction of sp³-hybridized carbons (Fsp3) is 0.788. The van der Waals surface area contributed by atoms with Gasteiger partial charge in [0.25, 0.3) is 0 Å². The van der Waals surface area contributed by atoms with Crippen molar-refractivity contribution in [1.29, 1.82) is 0 Å². The van der Waals surface area contributed by atoms with Gasteiger partial charge >= 0.3 is 0 Å². The van der Waals surface area contributed by atoms with Crippen LogP contribution in [0, 0.1) is 0 Å². The van der Waals surface area contributed by atoms with Crippen LogP contribution in [0.15, 0.2) is 18.2 Å². The molecule has 0 unspecified atom stereocenters. The van der Waals surface area contributed by atoms with Gasteiger partial charge in [0.1, 0.15) is 6.29 Å². The van der Waals surface area contributed by atoms with E-state index in [2.05, 4.69) is 13.8 Å². The number of hydrogen-bond acceptors (Lipinski definition) is 3. The fourth-order valence-corrected chi connectivity index (χ4v) is 4.73. The Morgan fingerprint density at radius 3 is 1.25 bits per heavy atom. The van der Waals surface area contributed by atoms with Crippen LogP contribution in [0.3, 0.4) is 0 Å². The SMILES string of the molecule is CCCCCCCCCCCCCOc1ccc(C=O)cc1OCCCCCCCCCCCCC. The van der Waals surface area contributed by atoms with Gasteiger partial charge in [-0.1, -0.05) is 142 Å². The molecule has 36 heavy (non-hydrogen) atoms. The van der Waals surface area contributed by atoms with E-state index in [0.29, 0.717) is 18.8 Å². The Labute approximate surface area is 224 Å². The summed E-state index contributed by atoms with van der Waals surface area (Å²) < 4.78 is 12.1. The van der Waals surface area contributed by atoms with Gasteiger partial charge in [-0.05, 0) is 31.0 Å². The van der Waals surface area contributed by atoms with Crippen LogP contribution in [0.5, 0.6) is 11.5 Å². The number of carbonyl (C=O) groups excluding carboxylic acids is 1. The molecule has 1 aromatic carbocycles. The van der Waals surface area contributed by atoms with E-state index in [1.165, 1.54) is 128 Å². The average Bonchev–Trinajstić information content (AvgIpc) is 2.90. The van der Waals surface area contributed by atoms with Gasteiger partial charge < -0.3 is 9.47 Å². The third-order valence-corrected chi connectivity index (χ3v) is 7.11. The lowest BCUT2D eigenvalue weighted by Crippen LogP contribution is -2.03. The minimum atomic E-state index is 0.644. The number of aldehydes is 1. The van der Waals surface area contributed by atoms with E-state index in [9.17, 15) is 4.79 Å². The minimum Gasteiger partial charge on any atom is -0.490 e. The Morgan fingerprint density at radius 1 is 0.500 bits per heavy atom. The van der Waals surface area contributed by atoms with Gasteiger partial charge in [-0.3, -0.25) is 4.79 Å². The van der Waals surface area contributed by atoms with E-state index in [0.717, 1.165) is 30.6 Å². The summed E-state index contributed by atoms with van der Waals surface area (Å²) in [5, 5.41) is 0. The van der Waals surface area contributed by atoms with Crippen LogP contribution in [0.4, 0.5) is 0 Å². The Morgan fingerprint density at radius 2 is 0.861 bits per heavy atom. The van der Waals surface area contributed by atoms with Crippen molar-refractivity contribution in [2.24, 2.45) is 0 Å². The summed E-state index contributed by atoms with van der Waals surface area (Å²) in [4.78, 5) is 11.2. The zero-order valence-corrected chi connectivity index (χ0v) is 24.0. The highest BCUT2D eigenvalue weighted by Gasteiger charge is 2.07.